The fourth-order valence-corrected chi connectivity index (χ4v) is 3.14. The molecule has 1 atom stereocenters. The number of amides is 2. The molecule has 1 aliphatic carbocycles. The number of carbonyl (C=O) groups is 2. The number of carbonyl (C=O) groups excluding carboxylic acids is 2. The maximum Gasteiger partial charge on any atom is 0.246 e. The van der Waals surface area contributed by atoms with Crippen molar-refractivity contribution in [1.29, 1.82) is 0 Å². The average Bonchev–Trinajstić information content (AvgIpc) is 2.87. The first kappa shape index (κ1) is 14.3. The van der Waals surface area contributed by atoms with Gasteiger partial charge in [0.15, 0.2) is 0 Å². The zero-order valence-electron chi connectivity index (χ0n) is 11.9. The summed E-state index contributed by atoms with van der Waals surface area (Å²) in [5.74, 6) is 0.0502. The van der Waals surface area contributed by atoms with Gasteiger partial charge < -0.3 is 15.0 Å². The SMILES string of the molecule is CCCOCCN1C(=O)C(C)NC(=O)C12CCCC2. The summed E-state index contributed by atoms with van der Waals surface area (Å²) in [5, 5.41) is 2.82. The minimum atomic E-state index is -0.598. The average molecular weight is 268 g/mol. The molecular formula is C14H24N2O3. The molecular weight excluding hydrogens is 244 g/mol. The highest BCUT2D eigenvalue weighted by molar-refractivity contribution is 5.99. The third-order valence-electron chi connectivity index (χ3n) is 4.16. The first-order valence-corrected chi connectivity index (χ1v) is 7.32. The molecule has 2 rings (SSSR count). The summed E-state index contributed by atoms with van der Waals surface area (Å²) in [7, 11) is 0. The van der Waals surface area contributed by atoms with Crippen molar-refractivity contribution in [2.24, 2.45) is 0 Å². The van der Waals surface area contributed by atoms with Crippen molar-refractivity contribution < 1.29 is 14.3 Å². The summed E-state index contributed by atoms with van der Waals surface area (Å²) in [6.07, 6.45) is 4.56. The molecule has 0 bridgehead atoms. The molecule has 5 heteroatoms. The number of nitrogens with one attached hydrogen (secondary N) is 1. The fraction of sp³-hybridized carbons (Fsp3) is 0.857. The molecule has 1 saturated heterocycles. The Kier molecular flexibility index (Phi) is 4.45. The molecule has 2 aliphatic rings. The molecule has 0 radical (unpaired) electrons. The summed E-state index contributed by atoms with van der Waals surface area (Å²) in [5.41, 5.74) is -0.598. The zero-order chi connectivity index (χ0) is 13.9. The lowest BCUT2D eigenvalue weighted by atomic mass is 9.89. The predicted octanol–water partition coefficient (Wildman–Crippen LogP) is 1.07. The van der Waals surface area contributed by atoms with Crippen LogP contribution >= 0.6 is 0 Å². The van der Waals surface area contributed by atoms with E-state index >= 15 is 0 Å². The fourth-order valence-electron chi connectivity index (χ4n) is 3.14. The van der Waals surface area contributed by atoms with Gasteiger partial charge >= 0.3 is 0 Å². The van der Waals surface area contributed by atoms with Gasteiger partial charge in [-0.05, 0) is 26.2 Å². The normalized spacial score (nSPS) is 26.0. The first-order valence-electron chi connectivity index (χ1n) is 7.32. The van der Waals surface area contributed by atoms with E-state index in [1.54, 1.807) is 11.8 Å². The van der Waals surface area contributed by atoms with Crippen LogP contribution in [-0.2, 0) is 14.3 Å². The lowest BCUT2D eigenvalue weighted by Gasteiger charge is -2.45. The van der Waals surface area contributed by atoms with Crippen molar-refractivity contribution in [2.45, 2.75) is 57.5 Å². The second kappa shape index (κ2) is 5.90. The second-order valence-electron chi connectivity index (χ2n) is 5.54. The molecule has 0 aromatic heterocycles. The Labute approximate surface area is 114 Å². The molecule has 0 aromatic carbocycles. The summed E-state index contributed by atoms with van der Waals surface area (Å²) in [4.78, 5) is 26.5. The monoisotopic (exact) mass is 268 g/mol. The smallest absolute Gasteiger partial charge is 0.246 e. The van der Waals surface area contributed by atoms with Crippen molar-refractivity contribution >= 4 is 11.8 Å². The number of hydrogen-bond acceptors (Lipinski definition) is 3. The van der Waals surface area contributed by atoms with Crippen molar-refractivity contribution in [2.75, 3.05) is 19.8 Å². The van der Waals surface area contributed by atoms with Gasteiger partial charge in [0, 0.05) is 13.2 Å². The molecule has 2 fully saturated rings. The minimum Gasteiger partial charge on any atom is -0.380 e. The van der Waals surface area contributed by atoms with E-state index in [4.69, 9.17) is 4.74 Å². The molecule has 1 unspecified atom stereocenters. The molecule has 108 valence electrons. The number of rotatable bonds is 5. The highest BCUT2D eigenvalue weighted by Gasteiger charge is 2.52. The Morgan fingerprint density at radius 1 is 1.32 bits per heavy atom. The van der Waals surface area contributed by atoms with Gasteiger partial charge in [-0.15, -0.1) is 0 Å². The van der Waals surface area contributed by atoms with Crippen LogP contribution in [0.5, 0.6) is 0 Å². The Hall–Kier alpha value is -1.10. The van der Waals surface area contributed by atoms with Crippen molar-refractivity contribution in [3.8, 4) is 0 Å². The van der Waals surface area contributed by atoms with Crippen molar-refractivity contribution in [3.05, 3.63) is 0 Å². The zero-order valence-corrected chi connectivity index (χ0v) is 11.9. The summed E-state index contributed by atoms with van der Waals surface area (Å²) < 4.78 is 5.48. The van der Waals surface area contributed by atoms with Gasteiger partial charge in [-0.2, -0.15) is 0 Å². The quantitative estimate of drug-likeness (QED) is 0.759. The van der Waals surface area contributed by atoms with Crippen LogP contribution in [0.1, 0.15) is 46.0 Å². The molecule has 0 aromatic rings. The highest BCUT2D eigenvalue weighted by Crippen LogP contribution is 2.37. The molecule has 1 N–H and O–H groups in total. The Balaban J connectivity index is 2.08. The standard InChI is InChI=1S/C14H24N2O3/c1-3-9-19-10-8-16-12(17)11(2)15-13(18)14(16)6-4-5-7-14/h11H,3-10H2,1-2H3,(H,15,18). The molecule has 5 nitrogen and oxygen atoms in total. The number of nitrogens with zero attached hydrogens (tertiary/aromatic N) is 1. The van der Waals surface area contributed by atoms with Crippen LogP contribution in [0.15, 0.2) is 0 Å². The van der Waals surface area contributed by atoms with Crippen molar-refractivity contribution in [1.82, 2.24) is 10.2 Å². The van der Waals surface area contributed by atoms with Crippen LogP contribution in [-0.4, -0.2) is 48.1 Å². The Morgan fingerprint density at radius 3 is 2.63 bits per heavy atom. The van der Waals surface area contributed by atoms with Crippen LogP contribution in [0, 0.1) is 0 Å². The largest absolute Gasteiger partial charge is 0.380 e. The van der Waals surface area contributed by atoms with Gasteiger partial charge in [0.2, 0.25) is 11.8 Å². The lowest BCUT2D eigenvalue weighted by Crippen LogP contribution is -2.69. The van der Waals surface area contributed by atoms with Crippen LogP contribution < -0.4 is 5.32 Å². The van der Waals surface area contributed by atoms with E-state index in [9.17, 15) is 9.59 Å². The van der Waals surface area contributed by atoms with Gasteiger partial charge in [0.05, 0.1) is 6.61 Å². The molecule has 1 saturated carbocycles. The first-order chi connectivity index (χ1) is 9.12. The van der Waals surface area contributed by atoms with Crippen LogP contribution in [0.3, 0.4) is 0 Å². The number of ether oxygens (including phenoxy) is 1. The molecule has 19 heavy (non-hydrogen) atoms. The molecule has 1 heterocycles. The Bertz CT molecular complexity index is 351. The maximum absolute atomic E-state index is 12.4. The summed E-state index contributed by atoms with van der Waals surface area (Å²) >= 11 is 0. The van der Waals surface area contributed by atoms with E-state index < -0.39 is 11.6 Å². The topological polar surface area (TPSA) is 58.6 Å². The van der Waals surface area contributed by atoms with Crippen molar-refractivity contribution in [3.63, 3.8) is 0 Å². The van der Waals surface area contributed by atoms with E-state index in [1.807, 2.05) is 0 Å². The van der Waals surface area contributed by atoms with E-state index in [1.165, 1.54) is 0 Å². The van der Waals surface area contributed by atoms with Crippen LogP contribution in [0.4, 0.5) is 0 Å². The van der Waals surface area contributed by atoms with E-state index in [0.29, 0.717) is 19.8 Å². The number of piperazine rings is 1. The van der Waals surface area contributed by atoms with Gasteiger partial charge in [0.1, 0.15) is 11.6 Å². The van der Waals surface area contributed by atoms with E-state index in [0.717, 1.165) is 32.1 Å². The van der Waals surface area contributed by atoms with Crippen LogP contribution in [0.25, 0.3) is 0 Å². The Morgan fingerprint density at radius 2 is 2.00 bits per heavy atom. The van der Waals surface area contributed by atoms with Gasteiger partial charge in [0.25, 0.3) is 0 Å². The van der Waals surface area contributed by atoms with Gasteiger partial charge in [-0.3, -0.25) is 9.59 Å². The lowest BCUT2D eigenvalue weighted by molar-refractivity contribution is -0.157. The van der Waals surface area contributed by atoms with E-state index in [2.05, 4.69) is 12.2 Å². The van der Waals surface area contributed by atoms with E-state index in [-0.39, 0.29) is 11.8 Å². The highest BCUT2D eigenvalue weighted by atomic mass is 16.5. The third kappa shape index (κ3) is 2.61. The predicted molar refractivity (Wildman–Crippen MR) is 71.6 cm³/mol. The summed E-state index contributed by atoms with van der Waals surface area (Å²) in [6, 6.07) is -0.412. The van der Waals surface area contributed by atoms with Crippen LogP contribution in [0.2, 0.25) is 0 Å². The third-order valence-corrected chi connectivity index (χ3v) is 4.16. The molecule has 2 amide bonds. The minimum absolute atomic E-state index is 0.0209. The molecule has 1 aliphatic heterocycles. The van der Waals surface area contributed by atoms with Gasteiger partial charge in [-0.25, -0.2) is 0 Å². The molecule has 1 spiro atoms. The van der Waals surface area contributed by atoms with Gasteiger partial charge in [-0.1, -0.05) is 19.8 Å². The number of hydrogen-bond donors (Lipinski definition) is 1. The second-order valence-corrected chi connectivity index (χ2v) is 5.54. The summed E-state index contributed by atoms with van der Waals surface area (Å²) in [6.45, 7) is 5.55. The maximum atomic E-state index is 12.4.